The molecule has 1 aliphatic rings. The zero-order valence-electron chi connectivity index (χ0n) is 10.4. The first-order valence-electron chi connectivity index (χ1n) is 5.81. The summed E-state index contributed by atoms with van der Waals surface area (Å²) >= 11 is 5.96. The van der Waals surface area contributed by atoms with Crippen molar-refractivity contribution in [2.24, 2.45) is 0 Å². The van der Waals surface area contributed by atoms with Crippen LogP contribution in [0.5, 0.6) is 5.75 Å². The van der Waals surface area contributed by atoms with Crippen LogP contribution in [0.1, 0.15) is 13.8 Å². The van der Waals surface area contributed by atoms with Crippen molar-refractivity contribution in [2.75, 3.05) is 13.1 Å². The van der Waals surface area contributed by atoms with Gasteiger partial charge >= 0.3 is 0 Å². The average Bonchev–Trinajstić information content (AvgIpc) is 2.28. The van der Waals surface area contributed by atoms with E-state index in [4.69, 9.17) is 16.3 Å². The van der Waals surface area contributed by atoms with Crippen molar-refractivity contribution in [1.29, 1.82) is 0 Å². The molecule has 18 heavy (non-hydrogen) atoms. The van der Waals surface area contributed by atoms with Crippen LogP contribution in [0.15, 0.2) is 24.3 Å². The molecule has 1 heterocycles. The second-order valence-corrected chi connectivity index (χ2v) is 5.29. The Kier molecular flexibility index (Phi) is 3.50. The van der Waals surface area contributed by atoms with E-state index in [0.29, 0.717) is 23.9 Å². The van der Waals surface area contributed by atoms with Gasteiger partial charge in [0, 0.05) is 0 Å². The van der Waals surface area contributed by atoms with E-state index in [-0.39, 0.29) is 5.91 Å². The molecule has 1 N–H and O–H groups in total. The lowest BCUT2D eigenvalue weighted by Gasteiger charge is -2.44. The highest BCUT2D eigenvalue weighted by Crippen LogP contribution is 2.26. The van der Waals surface area contributed by atoms with Gasteiger partial charge in [-0.2, -0.15) is 0 Å². The van der Waals surface area contributed by atoms with Gasteiger partial charge in [-0.25, -0.2) is 0 Å². The van der Waals surface area contributed by atoms with Gasteiger partial charge in [0.25, 0.3) is 5.91 Å². The van der Waals surface area contributed by atoms with E-state index < -0.39 is 11.7 Å². The lowest BCUT2D eigenvalue weighted by Crippen LogP contribution is -2.63. The Balaban J connectivity index is 1.95. The van der Waals surface area contributed by atoms with Crippen LogP contribution in [0.2, 0.25) is 5.02 Å². The molecule has 0 saturated carbocycles. The monoisotopic (exact) mass is 269 g/mol. The molecule has 1 fully saturated rings. The van der Waals surface area contributed by atoms with Crippen molar-refractivity contribution in [3.8, 4) is 5.75 Å². The number of carbonyl (C=O) groups is 1. The number of ether oxygens (including phenoxy) is 1. The van der Waals surface area contributed by atoms with Gasteiger partial charge in [0.15, 0.2) is 6.10 Å². The van der Waals surface area contributed by atoms with E-state index in [0.717, 1.165) is 0 Å². The molecule has 0 aromatic heterocycles. The number of nitrogens with zero attached hydrogens (tertiary/aromatic N) is 1. The van der Waals surface area contributed by atoms with Crippen molar-refractivity contribution in [2.45, 2.75) is 25.6 Å². The number of aliphatic hydroxyl groups is 1. The van der Waals surface area contributed by atoms with Gasteiger partial charge < -0.3 is 14.7 Å². The standard InChI is InChI=1S/C13H16ClNO3/c1-9(12(16)15-7-13(2,17)8-15)18-11-6-4-3-5-10(11)14/h3-6,9,17H,7-8H2,1-2H3. The summed E-state index contributed by atoms with van der Waals surface area (Å²) < 4.78 is 5.53. The average molecular weight is 270 g/mol. The van der Waals surface area contributed by atoms with Gasteiger partial charge in [-0.05, 0) is 26.0 Å². The second-order valence-electron chi connectivity index (χ2n) is 4.88. The predicted molar refractivity (Wildman–Crippen MR) is 68.7 cm³/mol. The predicted octanol–water partition coefficient (Wildman–Crippen LogP) is 1.70. The van der Waals surface area contributed by atoms with E-state index in [1.165, 1.54) is 0 Å². The van der Waals surface area contributed by atoms with E-state index in [1.807, 2.05) is 0 Å². The molecule has 2 rings (SSSR count). The van der Waals surface area contributed by atoms with Crippen molar-refractivity contribution in [3.05, 3.63) is 29.3 Å². The molecule has 1 saturated heterocycles. The van der Waals surface area contributed by atoms with Crippen LogP contribution >= 0.6 is 11.6 Å². The summed E-state index contributed by atoms with van der Waals surface area (Å²) in [6.07, 6.45) is -0.610. The molecule has 1 aliphatic heterocycles. The number of hydrogen-bond donors (Lipinski definition) is 1. The van der Waals surface area contributed by atoms with Crippen molar-refractivity contribution < 1.29 is 14.6 Å². The molecule has 1 aromatic carbocycles. The number of rotatable bonds is 3. The summed E-state index contributed by atoms with van der Waals surface area (Å²) in [6, 6.07) is 7.03. The van der Waals surface area contributed by atoms with Crippen LogP contribution in [0, 0.1) is 0 Å². The van der Waals surface area contributed by atoms with Gasteiger partial charge in [-0.1, -0.05) is 23.7 Å². The molecule has 1 amide bonds. The normalized spacial score (nSPS) is 19.0. The van der Waals surface area contributed by atoms with E-state index in [9.17, 15) is 9.90 Å². The fourth-order valence-corrected chi connectivity index (χ4v) is 2.15. The second kappa shape index (κ2) is 4.78. The van der Waals surface area contributed by atoms with Crippen molar-refractivity contribution in [3.63, 3.8) is 0 Å². The van der Waals surface area contributed by atoms with Gasteiger partial charge in [0.05, 0.1) is 23.7 Å². The lowest BCUT2D eigenvalue weighted by molar-refractivity contribution is -0.158. The minimum atomic E-state index is -0.764. The highest BCUT2D eigenvalue weighted by atomic mass is 35.5. The third kappa shape index (κ3) is 2.76. The first-order valence-corrected chi connectivity index (χ1v) is 6.19. The molecule has 5 heteroatoms. The van der Waals surface area contributed by atoms with Crippen LogP contribution in [-0.2, 0) is 4.79 Å². The summed E-state index contributed by atoms with van der Waals surface area (Å²) in [5.41, 5.74) is -0.764. The van der Waals surface area contributed by atoms with E-state index in [1.54, 1.807) is 43.0 Å². The number of hydrogen-bond acceptors (Lipinski definition) is 3. The molecular weight excluding hydrogens is 254 g/mol. The van der Waals surface area contributed by atoms with Gasteiger partial charge in [0.2, 0.25) is 0 Å². The Morgan fingerprint density at radius 3 is 2.67 bits per heavy atom. The SMILES string of the molecule is CC(Oc1ccccc1Cl)C(=O)N1CC(C)(O)C1. The van der Waals surface area contributed by atoms with Gasteiger partial charge in [0.1, 0.15) is 5.75 Å². The molecule has 4 nitrogen and oxygen atoms in total. The van der Waals surface area contributed by atoms with Crippen LogP contribution in [-0.4, -0.2) is 40.7 Å². The highest BCUT2D eigenvalue weighted by Gasteiger charge is 2.41. The molecule has 1 atom stereocenters. The zero-order chi connectivity index (χ0) is 13.3. The third-order valence-electron chi connectivity index (χ3n) is 2.86. The molecule has 0 spiro atoms. The molecule has 0 aliphatic carbocycles. The van der Waals surface area contributed by atoms with E-state index >= 15 is 0 Å². The first kappa shape index (κ1) is 13.2. The fourth-order valence-electron chi connectivity index (χ4n) is 1.97. The smallest absolute Gasteiger partial charge is 0.263 e. The number of carbonyl (C=O) groups excluding carboxylic acids is 1. The number of benzene rings is 1. The molecule has 1 aromatic rings. The van der Waals surface area contributed by atoms with Crippen molar-refractivity contribution in [1.82, 2.24) is 4.90 Å². The van der Waals surface area contributed by atoms with Crippen LogP contribution in [0.4, 0.5) is 0 Å². The topological polar surface area (TPSA) is 49.8 Å². The molecule has 98 valence electrons. The summed E-state index contributed by atoms with van der Waals surface area (Å²) in [5, 5.41) is 10.1. The first-order chi connectivity index (χ1) is 8.39. The highest BCUT2D eigenvalue weighted by molar-refractivity contribution is 6.32. The molecule has 1 unspecified atom stereocenters. The minimum absolute atomic E-state index is 0.138. The molecular formula is C13H16ClNO3. The Bertz CT molecular complexity index is 453. The van der Waals surface area contributed by atoms with Gasteiger partial charge in [-0.3, -0.25) is 4.79 Å². The maximum absolute atomic E-state index is 12.0. The van der Waals surface area contributed by atoms with Crippen LogP contribution < -0.4 is 4.74 Å². The summed E-state index contributed by atoms with van der Waals surface area (Å²) in [5.74, 6) is 0.355. The Labute approximate surface area is 111 Å². The number of likely N-dealkylation sites (tertiary alicyclic amines) is 1. The van der Waals surface area contributed by atoms with Gasteiger partial charge in [-0.15, -0.1) is 0 Å². The van der Waals surface area contributed by atoms with E-state index in [2.05, 4.69) is 0 Å². The lowest BCUT2D eigenvalue weighted by atomic mass is 9.96. The van der Waals surface area contributed by atoms with Crippen molar-refractivity contribution >= 4 is 17.5 Å². The Morgan fingerprint density at radius 2 is 2.11 bits per heavy atom. The number of amides is 1. The maximum atomic E-state index is 12.0. The number of halogens is 1. The Hall–Kier alpha value is -1.26. The number of para-hydroxylation sites is 1. The molecule has 0 radical (unpaired) electrons. The summed E-state index contributed by atoms with van der Waals surface area (Å²) in [6.45, 7) is 4.08. The summed E-state index contributed by atoms with van der Waals surface area (Å²) in [7, 11) is 0. The zero-order valence-corrected chi connectivity index (χ0v) is 11.1. The summed E-state index contributed by atoms with van der Waals surface area (Å²) in [4.78, 5) is 13.5. The largest absolute Gasteiger partial charge is 0.479 e. The number of β-amino-alcohol motifs (C(OH)–C–C–N with tert-alkyl or cyclic N) is 1. The quantitative estimate of drug-likeness (QED) is 0.909. The van der Waals surface area contributed by atoms with Crippen LogP contribution in [0.3, 0.4) is 0 Å². The maximum Gasteiger partial charge on any atom is 0.263 e. The third-order valence-corrected chi connectivity index (χ3v) is 3.18. The molecule has 0 bridgehead atoms. The minimum Gasteiger partial charge on any atom is -0.479 e. The fraction of sp³-hybridized carbons (Fsp3) is 0.462. The Morgan fingerprint density at radius 1 is 1.50 bits per heavy atom. The van der Waals surface area contributed by atoms with Crippen LogP contribution in [0.25, 0.3) is 0 Å².